The summed E-state index contributed by atoms with van der Waals surface area (Å²) in [6.07, 6.45) is 7.17. The van der Waals surface area contributed by atoms with E-state index in [1.54, 1.807) is 7.11 Å². The summed E-state index contributed by atoms with van der Waals surface area (Å²) >= 11 is 0. The predicted molar refractivity (Wildman–Crippen MR) is 91.6 cm³/mol. The van der Waals surface area contributed by atoms with Crippen LogP contribution in [0.5, 0.6) is 0 Å². The van der Waals surface area contributed by atoms with Crippen molar-refractivity contribution >= 4 is 17.3 Å². The summed E-state index contributed by atoms with van der Waals surface area (Å²) in [7, 11) is 1.60. The Morgan fingerprint density at radius 1 is 1.04 bits per heavy atom. The van der Waals surface area contributed by atoms with E-state index in [1.165, 1.54) is 0 Å². The number of fused-ring (bicyclic) bond motifs is 5. The van der Waals surface area contributed by atoms with Gasteiger partial charge in [0.25, 0.3) is 0 Å². The van der Waals surface area contributed by atoms with E-state index >= 15 is 0 Å². The summed E-state index contributed by atoms with van der Waals surface area (Å²) in [6.45, 7) is 4.58. The molecule has 0 radical (unpaired) electrons. The van der Waals surface area contributed by atoms with Crippen LogP contribution in [-0.2, 0) is 14.4 Å². The Morgan fingerprint density at radius 2 is 1.83 bits per heavy atom. The summed E-state index contributed by atoms with van der Waals surface area (Å²) < 4.78 is 0. The van der Waals surface area contributed by atoms with Crippen molar-refractivity contribution in [2.75, 3.05) is 7.11 Å². The van der Waals surface area contributed by atoms with Crippen molar-refractivity contribution in [3.63, 3.8) is 0 Å². The number of Topliss-reactive ketones (excluding diaryl/α,β-unsaturated/α-hetero) is 2. The third-order valence-corrected chi connectivity index (χ3v) is 8.22. The van der Waals surface area contributed by atoms with Gasteiger partial charge < -0.3 is 4.84 Å². The molecule has 4 aliphatic rings. The van der Waals surface area contributed by atoms with Crippen molar-refractivity contribution in [2.24, 2.45) is 39.7 Å². The van der Waals surface area contributed by atoms with Crippen LogP contribution < -0.4 is 0 Å². The maximum atomic E-state index is 12.5. The molecule has 6 atom stereocenters. The van der Waals surface area contributed by atoms with Crippen molar-refractivity contribution in [3.8, 4) is 0 Å². The fraction of sp³-hybridized carbons (Fsp3) is 0.850. The molecule has 1 unspecified atom stereocenters. The molecule has 0 bridgehead atoms. The molecule has 4 rings (SSSR count). The van der Waals surface area contributed by atoms with Crippen LogP contribution >= 0.6 is 0 Å². The Bertz CT molecular complexity index is 612. The number of carbonyl (C=O) groups is 2. The number of carbonyl (C=O) groups excluding carboxylic acids is 2. The minimum atomic E-state index is -0.118. The van der Waals surface area contributed by atoms with Gasteiger partial charge in [0.15, 0.2) is 0 Å². The van der Waals surface area contributed by atoms with Gasteiger partial charge in [-0.1, -0.05) is 19.0 Å². The van der Waals surface area contributed by atoms with E-state index in [0.29, 0.717) is 42.2 Å². The van der Waals surface area contributed by atoms with Crippen molar-refractivity contribution in [1.29, 1.82) is 0 Å². The number of hydrogen-bond acceptors (Lipinski definition) is 4. The van der Waals surface area contributed by atoms with Crippen LogP contribution in [0.25, 0.3) is 0 Å². The van der Waals surface area contributed by atoms with Gasteiger partial charge in [0.1, 0.15) is 18.7 Å². The largest absolute Gasteiger partial charge is 0.399 e. The van der Waals surface area contributed by atoms with E-state index in [9.17, 15) is 9.59 Å². The molecule has 4 saturated carbocycles. The van der Waals surface area contributed by atoms with Crippen LogP contribution in [0.1, 0.15) is 65.2 Å². The lowest BCUT2D eigenvalue weighted by Crippen LogP contribution is -2.56. The molecule has 0 spiro atoms. The first-order valence-corrected chi connectivity index (χ1v) is 9.55. The van der Waals surface area contributed by atoms with E-state index in [1.807, 2.05) is 0 Å². The van der Waals surface area contributed by atoms with E-state index in [4.69, 9.17) is 4.84 Å². The summed E-state index contributed by atoms with van der Waals surface area (Å²) in [5, 5.41) is 4.37. The fourth-order valence-corrected chi connectivity index (χ4v) is 6.85. The van der Waals surface area contributed by atoms with Crippen LogP contribution in [0.3, 0.4) is 0 Å². The predicted octanol–water partition coefficient (Wildman–Crippen LogP) is 3.78. The topological polar surface area (TPSA) is 55.7 Å². The monoisotopic (exact) mass is 331 g/mol. The Kier molecular flexibility index (Phi) is 3.67. The molecule has 0 aromatic rings. The Balaban J connectivity index is 1.74. The summed E-state index contributed by atoms with van der Waals surface area (Å²) in [4.78, 5) is 29.8. The maximum Gasteiger partial charge on any atom is 0.139 e. The lowest BCUT2D eigenvalue weighted by Gasteiger charge is -2.59. The lowest BCUT2D eigenvalue weighted by molar-refractivity contribution is -0.136. The quantitative estimate of drug-likeness (QED) is 0.687. The van der Waals surface area contributed by atoms with Gasteiger partial charge in [-0.15, -0.1) is 0 Å². The second kappa shape index (κ2) is 5.40. The first-order valence-electron chi connectivity index (χ1n) is 9.55. The molecule has 4 heteroatoms. The molecule has 0 amide bonds. The smallest absolute Gasteiger partial charge is 0.139 e. The van der Waals surface area contributed by atoms with Gasteiger partial charge in [0, 0.05) is 30.6 Å². The zero-order chi connectivity index (χ0) is 17.1. The maximum absolute atomic E-state index is 12.5. The SMILES string of the molecule is CO/N=C1\C[C@@H]2[C@H](CC[C@]3(C)C(=O)CC[C@@H]23)[C@@]2(C)CCC(=O)CC12. The van der Waals surface area contributed by atoms with E-state index in [2.05, 4.69) is 19.0 Å². The van der Waals surface area contributed by atoms with Crippen LogP contribution in [0.4, 0.5) is 0 Å². The minimum absolute atomic E-state index is 0.118. The van der Waals surface area contributed by atoms with Crippen molar-refractivity contribution in [3.05, 3.63) is 0 Å². The van der Waals surface area contributed by atoms with Crippen LogP contribution in [-0.4, -0.2) is 24.4 Å². The van der Waals surface area contributed by atoms with Gasteiger partial charge in [0.05, 0.1) is 5.71 Å². The molecule has 24 heavy (non-hydrogen) atoms. The average molecular weight is 331 g/mol. The second-order valence-electron chi connectivity index (χ2n) is 9.07. The second-order valence-corrected chi connectivity index (χ2v) is 9.07. The first-order chi connectivity index (χ1) is 11.4. The normalized spacial score (nSPS) is 49.5. The van der Waals surface area contributed by atoms with Gasteiger partial charge >= 0.3 is 0 Å². The van der Waals surface area contributed by atoms with E-state index < -0.39 is 0 Å². The Morgan fingerprint density at radius 3 is 2.58 bits per heavy atom. The van der Waals surface area contributed by atoms with Gasteiger partial charge in [0.2, 0.25) is 0 Å². The zero-order valence-corrected chi connectivity index (χ0v) is 15.1. The van der Waals surface area contributed by atoms with Gasteiger partial charge in [-0.2, -0.15) is 0 Å². The fourth-order valence-electron chi connectivity index (χ4n) is 6.85. The number of rotatable bonds is 1. The molecule has 132 valence electrons. The zero-order valence-electron chi connectivity index (χ0n) is 15.1. The first kappa shape index (κ1) is 16.3. The Labute approximate surface area is 144 Å². The third kappa shape index (κ3) is 2.07. The molecule has 4 aliphatic carbocycles. The summed E-state index contributed by atoms with van der Waals surface area (Å²) in [5.41, 5.74) is 1.10. The van der Waals surface area contributed by atoms with Gasteiger partial charge in [-0.3, -0.25) is 9.59 Å². The van der Waals surface area contributed by atoms with E-state index in [-0.39, 0.29) is 16.7 Å². The Hall–Kier alpha value is -1.19. The van der Waals surface area contributed by atoms with Gasteiger partial charge in [-0.05, 0) is 55.3 Å². The van der Waals surface area contributed by atoms with Crippen LogP contribution in [0.2, 0.25) is 0 Å². The minimum Gasteiger partial charge on any atom is -0.399 e. The van der Waals surface area contributed by atoms with Crippen LogP contribution in [0.15, 0.2) is 5.16 Å². The molecular formula is C20H29NO3. The van der Waals surface area contributed by atoms with E-state index in [0.717, 1.165) is 44.2 Å². The standard InChI is InChI=1S/C20H29NO3/c1-19-8-6-12(22)10-16(19)17(21-24-3)11-13-14-4-5-18(23)20(14,2)9-7-15(13)19/h13-16H,4-11H2,1-3H3/b21-17+/t13-,14-,15-,16?,19+,20-/m0/s1. The van der Waals surface area contributed by atoms with Crippen LogP contribution in [0, 0.1) is 34.5 Å². The molecular weight excluding hydrogens is 302 g/mol. The molecule has 4 fully saturated rings. The highest BCUT2D eigenvalue weighted by Crippen LogP contribution is 2.64. The highest BCUT2D eigenvalue weighted by molar-refractivity contribution is 5.94. The number of nitrogens with zero attached hydrogens (tertiary/aromatic N) is 1. The average Bonchev–Trinajstić information content (AvgIpc) is 2.85. The van der Waals surface area contributed by atoms with Crippen molar-refractivity contribution < 1.29 is 14.4 Å². The molecule has 0 N–H and O–H groups in total. The number of oxime groups is 1. The van der Waals surface area contributed by atoms with Crippen molar-refractivity contribution in [1.82, 2.24) is 0 Å². The number of ketones is 2. The lowest BCUT2D eigenvalue weighted by atomic mass is 9.45. The summed E-state index contributed by atoms with van der Waals surface area (Å²) in [5.74, 6) is 2.72. The molecule has 0 heterocycles. The molecule has 0 saturated heterocycles. The number of hydrogen-bond donors (Lipinski definition) is 0. The third-order valence-electron chi connectivity index (χ3n) is 8.22. The van der Waals surface area contributed by atoms with Crippen molar-refractivity contribution in [2.45, 2.75) is 65.2 Å². The molecule has 0 aromatic heterocycles. The molecule has 0 aliphatic heterocycles. The van der Waals surface area contributed by atoms with Gasteiger partial charge in [-0.25, -0.2) is 0 Å². The molecule has 4 nitrogen and oxygen atoms in total. The summed E-state index contributed by atoms with van der Waals surface area (Å²) in [6, 6.07) is 0. The highest BCUT2D eigenvalue weighted by Gasteiger charge is 2.61. The highest BCUT2D eigenvalue weighted by atomic mass is 16.6. The molecule has 0 aromatic carbocycles.